The molecule has 0 saturated carbocycles. The molecule has 8 heterocycles. The number of aromatic hydroxyl groups is 1. The first kappa shape index (κ1) is 41.3. The van der Waals surface area contributed by atoms with Crippen LogP contribution in [0.5, 0.6) is 34.5 Å². The molecule has 330 valence electrons. The number of rotatable bonds is 6. The number of benzene rings is 3. The van der Waals surface area contributed by atoms with Crippen molar-refractivity contribution in [2.45, 2.75) is 120 Å². The van der Waals surface area contributed by atoms with Crippen molar-refractivity contribution in [1.29, 1.82) is 0 Å². The van der Waals surface area contributed by atoms with Gasteiger partial charge in [0.25, 0.3) is 0 Å². The number of carbonyl (C=O) groups is 2. The van der Waals surface area contributed by atoms with E-state index >= 15 is 4.79 Å². The van der Waals surface area contributed by atoms with Gasteiger partial charge < -0.3 is 48.7 Å². The summed E-state index contributed by atoms with van der Waals surface area (Å²) >= 11 is 1.59. The third kappa shape index (κ3) is 5.55. The Morgan fingerprint density at radius 1 is 1.08 bits per heavy atom. The van der Waals surface area contributed by atoms with Crippen molar-refractivity contribution in [3.05, 3.63) is 68.9 Å². The fraction of sp³-hybridized carbons (Fsp3) is 0.522. The van der Waals surface area contributed by atoms with Crippen molar-refractivity contribution in [1.82, 2.24) is 20.1 Å². The fourth-order valence-corrected chi connectivity index (χ4v) is 14.1. The van der Waals surface area contributed by atoms with E-state index in [1.807, 2.05) is 49.9 Å². The Morgan fingerprint density at radius 3 is 2.55 bits per heavy atom. The highest BCUT2D eigenvalue weighted by Crippen LogP contribution is 2.66. The number of thioether (sulfide) groups is 1. The van der Waals surface area contributed by atoms with Gasteiger partial charge in [0.05, 0.1) is 61.2 Å². The minimum absolute atomic E-state index is 0.00238. The van der Waals surface area contributed by atoms with Crippen LogP contribution in [0.3, 0.4) is 0 Å². The molecular weight excluding hydrogens is 817 g/mol. The summed E-state index contributed by atoms with van der Waals surface area (Å²) in [5.74, 6) is 1.24. The fourth-order valence-electron chi connectivity index (χ4n) is 12.3. The molecule has 4 aromatic rings. The molecule has 5 N–H and O–H groups in total. The number of aryl methyl sites for hydroxylation is 1. The number of aliphatic hydroxyl groups excluding tert-OH is 2. The number of aromatic nitrogens is 1. The number of phenolic OH excluding ortho intramolecular Hbond substituents is 1. The number of nitrogens with zero attached hydrogens (tertiary/aromatic N) is 2. The van der Waals surface area contributed by atoms with Gasteiger partial charge in [0.2, 0.25) is 6.79 Å². The molecular formula is C46H54N4O11S. The maximum absolute atomic E-state index is 15.3. The molecule has 2 fully saturated rings. The van der Waals surface area contributed by atoms with Crippen molar-refractivity contribution in [3.8, 4) is 34.5 Å². The number of aromatic amines is 1. The lowest BCUT2D eigenvalue weighted by atomic mass is 9.66. The van der Waals surface area contributed by atoms with Gasteiger partial charge in [-0.3, -0.25) is 19.8 Å². The van der Waals surface area contributed by atoms with Gasteiger partial charge in [-0.25, -0.2) is 4.90 Å². The summed E-state index contributed by atoms with van der Waals surface area (Å²) in [4.78, 5) is 36.4. The highest BCUT2D eigenvalue weighted by molar-refractivity contribution is 7.99. The van der Waals surface area contributed by atoms with E-state index in [1.54, 1.807) is 18.9 Å². The predicted octanol–water partition coefficient (Wildman–Crippen LogP) is 5.24. The number of methoxy groups -OCH3 is 2. The van der Waals surface area contributed by atoms with Crippen LogP contribution in [0.25, 0.3) is 10.9 Å². The minimum Gasteiger partial charge on any atom is -0.504 e. The summed E-state index contributed by atoms with van der Waals surface area (Å²) in [5.41, 5.74) is 4.45. The summed E-state index contributed by atoms with van der Waals surface area (Å²) in [6.07, 6.45) is -1.20. The van der Waals surface area contributed by atoms with E-state index in [4.69, 9.17) is 28.4 Å². The molecule has 11 rings (SSSR count). The van der Waals surface area contributed by atoms with Crippen LogP contribution in [0.1, 0.15) is 96.7 Å². The lowest BCUT2D eigenvalue weighted by molar-refractivity contribution is -0.219. The van der Waals surface area contributed by atoms with Gasteiger partial charge in [-0.05, 0) is 81.8 Å². The molecule has 7 aliphatic rings. The smallest absolute Gasteiger partial charge is 0.309 e. The van der Waals surface area contributed by atoms with Gasteiger partial charge in [-0.15, -0.1) is 11.8 Å². The first-order valence-corrected chi connectivity index (χ1v) is 22.4. The Labute approximate surface area is 363 Å². The van der Waals surface area contributed by atoms with E-state index in [-0.39, 0.29) is 49.2 Å². The largest absolute Gasteiger partial charge is 0.504 e. The lowest BCUT2D eigenvalue weighted by Crippen LogP contribution is -2.77. The zero-order valence-corrected chi connectivity index (χ0v) is 37.0. The second-order valence-corrected chi connectivity index (χ2v) is 19.0. The zero-order chi connectivity index (χ0) is 43.7. The Morgan fingerprint density at radius 2 is 1.85 bits per heavy atom. The molecule has 8 atom stereocenters. The SMILES string of the molecule is CCC12N[C@@H](Cc3cc(C)c(OC)c(O)c31)[C@H](O)N1C2[C@@H]2SC[C@]3(CC(=O)O[C@H]1c1c4c(c(C)c(OC(C)=O)c12)OCO4)c1[nH]c2ccc(OC)cc2c1C[C@@H](CO)N3C(C)C. The average Bonchev–Trinajstić information content (AvgIpc) is 3.88. The van der Waals surface area contributed by atoms with Crippen LogP contribution in [-0.2, 0) is 38.2 Å². The molecule has 0 radical (unpaired) electrons. The minimum atomic E-state index is -1.25. The topological polar surface area (TPSA) is 185 Å². The third-order valence-electron chi connectivity index (χ3n) is 14.4. The van der Waals surface area contributed by atoms with Gasteiger partial charge in [0, 0.05) is 58.0 Å². The summed E-state index contributed by atoms with van der Waals surface area (Å²) in [6, 6.07) is 6.12. The molecule has 62 heavy (non-hydrogen) atoms. The van der Waals surface area contributed by atoms with Crippen molar-refractivity contribution in [2.75, 3.05) is 33.4 Å². The number of H-pyrrole nitrogens is 1. The number of esters is 2. The Bertz CT molecular complexity index is 2540. The normalized spacial score (nSPS) is 29.8. The van der Waals surface area contributed by atoms with E-state index in [1.165, 1.54) is 14.0 Å². The molecule has 0 amide bonds. The van der Waals surface area contributed by atoms with Crippen molar-refractivity contribution >= 4 is 34.6 Å². The Balaban J connectivity index is 1.28. The van der Waals surface area contributed by atoms with Crippen molar-refractivity contribution < 1.29 is 53.3 Å². The summed E-state index contributed by atoms with van der Waals surface area (Å²) in [7, 11) is 3.17. The van der Waals surface area contributed by atoms with E-state index in [0.717, 1.165) is 33.3 Å². The van der Waals surface area contributed by atoms with E-state index in [9.17, 15) is 20.1 Å². The summed E-state index contributed by atoms with van der Waals surface area (Å²) in [6.45, 7) is 11.0. The Kier molecular flexibility index (Phi) is 9.78. The van der Waals surface area contributed by atoms with Gasteiger partial charge >= 0.3 is 11.9 Å². The second-order valence-electron chi connectivity index (χ2n) is 17.8. The van der Waals surface area contributed by atoms with Gasteiger partial charge in [-0.2, -0.15) is 0 Å². The molecule has 0 aliphatic carbocycles. The average molecular weight is 871 g/mol. The molecule has 2 unspecified atom stereocenters. The zero-order valence-electron chi connectivity index (χ0n) is 36.2. The molecule has 2 saturated heterocycles. The molecule has 1 aromatic heterocycles. The molecule has 16 heteroatoms. The maximum Gasteiger partial charge on any atom is 0.309 e. The van der Waals surface area contributed by atoms with Crippen LogP contribution in [0.15, 0.2) is 24.3 Å². The number of piperazine rings is 1. The van der Waals surface area contributed by atoms with E-state index in [0.29, 0.717) is 64.5 Å². The highest BCUT2D eigenvalue weighted by atomic mass is 32.2. The van der Waals surface area contributed by atoms with Crippen LogP contribution in [-0.4, -0.2) is 106 Å². The number of carbonyl (C=O) groups excluding carboxylic acids is 2. The van der Waals surface area contributed by atoms with Crippen molar-refractivity contribution in [2.24, 2.45) is 0 Å². The number of fused-ring (bicyclic) bond motifs is 11. The molecule has 3 aromatic carbocycles. The Hall–Kier alpha value is -4.71. The van der Waals surface area contributed by atoms with E-state index < -0.39 is 52.8 Å². The number of hydrogen-bond donors (Lipinski definition) is 5. The molecule has 4 bridgehead atoms. The number of nitrogens with one attached hydrogen (secondary N) is 2. The first-order chi connectivity index (χ1) is 29.7. The molecule has 1 spiro atoms. The number of phenols is 1. The standard InChI is InChI=1S/C46H54N4O11S/c1-9-46-34-24(12-21(4)36(57-8)35(34)54)13-30(48-46)43(55)49-42(46)40-32-33(39-38(58-19-59-39)22(5)37(32)60-23(6)52)44(49)61-31(53)16-45(18-62-40)41-28(14-25(17-51)50(45)20(2)3)27-15-26(56-7)10-11-29(27)47-41/h10-12,15,20,25,30,40,42-44,47-48,51,54-55H,9,13-14,16-19H2,1-8H3/t25-,30-,40+,42?,43-,44-,45+,46?/m0/s1. The summed E-state index contributed by atoms with van der Waals surface area (Å²) < 4.78 is 36.9. The first-order valence-electron chi connectivity index (χ1n) is 21.4. The van der Waals surface area contributed by atoms with Gasteiger partial charge in [-0.1, -0.05) is 13.0 Å². The monoisotopic (exact) mass is 870 g/mol. The summed E-state index contributed by atoms with van der Waals surface area (Å²) in [5, 5.41) is 40.5. The molecule has 7 aliphatic heterocycles. The van der Waals surface area contributed by atoms with Crippen LogP contribution < -0.4 is 29.0 Å². The quantitative estimate of drug-likeness (QED) is 0.125. The van der Waals surface area contributed by atoms with Crippen molar-refractivity contribution in [3.63, 3.8) is 0 Å². The van der Waals surface area contributed by atoms with Gasteiger partial charge in [0.1, 0.15) is 17.7 Å². The molecule has 15 nitrogen and oxygen atoms in total. The van der Waals surface area contributed by atoms with Crippen LogP contribution in [0.2, 0.25) is 0 Å². The predicted molar refractivity (Wildman–Crippen MR) is 229 cm³/mol. The maximum atomic E-state index is 15.3. The van der Waals surface area contributed by atoms with Crippen LogP contribution >= 0.6 is 11.8 Å². The number of aliphatic hydroxyl groups is 2. The lowest BCUT2D eigenvalue weighted by Gasteiger charge is -2.64. The van der Waals surface area contributed by atoms with Crippen LogP contribution in [0, 0.1) is 13.8 Å². The third-order valence-corrected chi connectivity index (χ3v) is 15.9. The number of hydrogen-bond acceptors (Lipinski definition) is 15. The van der Waals surface area contributed by atoms with Gasteiger partial charge in [0.15, 0.2) is 29.2 Å². The highest BCUT2D eigenvalue weighted by Gasteiger charge is 2.66. The van der Waals surface area contributed by atoms with E-state index in [2.05, 4.69) is 29.0 Å². The number of ether oxygens (including phenoxy) is 6. The second kappa shape index (κ2) is 14.7. The van der Waals surface area contributed by atoms with Crippen LogP contribution in [0.4, 0.5) is 0 Å².